The van der Waals surface area contributed by atoms with Crippen LogP contribution in [0.1, 0.15) is 23.7 Å². The van der Waals surface area contributed by atoms with Gasteiger partial charge in [0.1, 0.15) is 0 Å². The maximum Gasteiger partial charge on any atom is 0.0944 e. The van der Waals surface area contributed by atoms with Gasteiger partial charge in [-0.1, -0.05) is 22.0 Å². The molecule has 2 nitrogen and oxygen atoms in total. The van der Waals surface area contributed by atoms with Gasteiger partial charge in [0.25, 0.3) is 0 Å². The molecule has 1 aromatic carbocycles. The lowest BCUT2D eigenvalue weighted by atomic mass is 9.86. The molecule has 0 fully saturated rings. The molecule has 0 aromatic heterocycles. The molecular formula is C10H13BrClNO. The second-order valence-corrected chi connectivity index (χ2v) is 4.41. The van der Waals surface area contributed by atoms with Crippen molar-refractivity contribution in [3.8, 4) is 0 Å². The molecule has 0 saturated heterocycles. The van der Waals surface area contributed by atoms with E-state index in [9.17, 15) is 5.11 Å². The van der Waals surface area contributed by atoms with Crippen LogP contribution >= 0.6 is 28.3 Å². The Morgan fingerprint density at radius 1 is 1.43 bits per heavy atom. The zero-order chi connectivity index (χ0) is 9.42. The summed E-state index contributed by atoms with van der Waals surface area (Å²) < 4.78 is 0.999. The topological polar surface area (TPSA) is 46.2 Å². The van der Waals surface area contributed by atoms with Gasteiger partial charge >= 0.3 is 0 Å². The Morgan fingerprint density at radius 2 is 2.14 bits per heavy atom. The van der Waals surface area contributed by atoms with Crippen LogP contribution in [-0.4, -0.2) is 11.1 Å². The van der Waals surface area contributed by atoms with Crippen molar-refractivity contribution < 1.29 is 5.11 Å². The summed E-state index contributed by atoms with van der Waals surface area (Å²) in [6.07, 6.45) is 1.35. The highest BCUT2D eigenvalue weighted by Gasteiger charge is 2.24. The Labute approximate surface area is 98.0 Å². The Bertz CT molecular complexity index is 332. The monoisotopic (exact) mass is 277 g/mol. The normalized spacial score (nSPS) is 25.1. The van der Waals surface area contributed by atoms with Gasteiger partial charge in [0.15, 0.2) is 0 Å². The smallest absolute Gasteiger partial charge is 0.0944 e. The van der Waals surface area contributed by atoms with Gasteiger partial charge in [0, 0.05) is 10.5 Å². The first-order valence-corrected chi connectivity index (χ1v) is 5.20. The summed E-state index contributed by atoms with van der Waals surface area (Å²) in [7, 11) is 0. The second kappa shape index (κ2) is 4.62. The number of hydrogen-bond acceptors (Lipinski definition) is 2. The summed E-state index contributed by atoms with van der Waals surface area (Å²) in [6.45, 7) is 0. The van der Waals surface area contributed by atoms with Gasteiger partial charge in [-0.2, -0.15) is 0 Å². The van der Waals surface area contributed by atoms with Crippen molar-refractivity contribution in [2.24, 2.45) is 5.73 Å². The average Bonchev–Trinajstić information content (AvgIpc) is 2.12. The van der Waals surface area contributed by atoms with Crippen LogP contribution in [0.3, 0.4) is 0 Å². The van der Waals surface area contributed by atoms with E-state index in [0.717, 1.165) is 22.9 Å². The van der Waals surface area contributed by atoms with Gasteiger partial charge in [-0.3, -0.25) is 0 Å². The highest BCUT2D eigenvalue weighted by atomic mass is 79.9. The van der Waals surface area contributed by atoms with Gasteiger partial charge in [-0.05, 0) is 36.1 Å². The van der Waals surface area contributed by atoms with E-state index in [4.69, 9.17) is 5.73 Å². The fourth-order valence-corrected chi connectivity index (χ4v) is 2.16. The van der Waals surface area contributed by atoms with E-state index in [1.54, 1.807) is 0 Å². The minimum absolute atomic E-state index is 0. The molecule has 4 heteroatoms. The van der Waals surface area contributed by atoms with E-state index < -0.39 is 6.10 Å². The minimum Gasteiger partial charge on any atom is -0.387 e. The Balaban J connectivity index is 0.000000980. The van der Waals surface area contributed by atoms with Crippen molar-refractivity contribution in [3.63, 3.8) is 0 Å². The van der Waals surface area contributed by atoms with Gasteiger partial charge in [0.05, 0.1) is 6.10 Å². The number of nitrogens with two attached hydrogens (primary N) is 1. The molecule has 0 spiro atoms. The predicted molar refractivity (Wildman–Crippen MR) is 62.6 cm³/mol. The molecule has 0 heterocycles. The third-order valence-corrected chi connectivity index (χ3v) is 3.07. The lowest BCUT2D eigenvalue weighted by molar-refractivity contribution is 0.134. The quantitative estimate of drug-likeness (QED) is 0.764. The lowest BCUT2D eigenvalue weighted by Crippen LogP contribution is -2.32. The van der Waals surface area contributed by atoms with E-state index in [2.05, 4.69) is 22.0 Å². The predicted octanol–water partition coefficient (Wildman–Crippen LogP) is 2.18. The van der Waals surface area contributed by atoms with E-state index in [1.165, 1.54) is 5.56 Å². The summed E-state index contributed by atoms with van der Waals surface area (Å²) >= 11 is 3.39. The zero-order valence-electron chi connectivity index (χ0n) is 7.61. The highest BCUT2D eigenvalue weighted by molar-refractivity contribution is 9.10. The van der Waals surface area contributed by atoms with Crippen molar-refractivity contribution in [3.05, 3.63) is 33.8 Å². The SMILES string of the molecule is Cl.NC1CCc2ccc(Br)cc2C1O. The van der Waals surface area contributed by atoms with Crippen molar-refractivity contribution >= 4 is 28.3 Å². The van der Waals surface area contributed by atoms with Gasteiger partial charge in [-0.25, -0.2) is 0 Å². The fraction of sp³-hybridized carbons (Fsp3) is 0.400. The first-order chi connectivity index (χ1) is 6.18. The molecule has 0 saturated carbocycles. The Kier molecular flexibility index (Phi) is 3.95. The molecule has 0 bridgehead atoms. The third kappa shape index (κ3) is 2.11. The molecule has 14 heavy (non-hydrogen) atoms. The number of hydrogen-bond donors (Lipinski definition) is 2. The molecule has 2 unspecified atom stereocenters. The van der Waals surface area contributed by atoms with Crippen LogP contribution in [0, 0.1) is 0 Å². The number of rotatable bonds is 0. The van der Waals surface area contributed by atoms with Gasteiger partial charge < -0.3 is 10.8 Å². The summed E-state index contributed by atoms with van der Waals surface area (Å²) in [5.74, 6) is 0. The molecule has 1 aliphatic carbocycles. The first kappa shape index (κ1) is 12.0. The number of fused-ring (bicyclic) bond motifs is 1. The zero-order valence-corrected chi connectivity index (χ0v) is 10.0. The lowest BCUT2D eigenvalue weighted by Gasteiger charge is -2.27. The third-order valence-electron chi connectivity index (χ3n) is 2.58. The molecular weight excluding hydrogens is 265 g/mol. The average molecular weight is 279 g/mol. The van der Waals surface area contributed by atoms with Crippen LogP contribution in [-0.2, 0) is 6.42 Å². The summed E-state index contributed by atoms with van der Waals surface area (Å²) in [5.41, 5.74) is 7.98. The fourth-order valence-electron chi connectivity index (χ4n) is 1.78. The molecule has 0 radical (unpaired) electrons. The number of halogens is 2. The summed E-state index contributed by atoms with van der Waals surface area (Å²) in [6, 6.07) is 5.90. The van der Waals surface area contributed by atoms with Crippen molar-refractivity contribution in [2.45, 2.75) is 25.0 Å². The minimum atomic E-state index is -0.499. The highest BCUT2D eigenvalue weighted by Crippen LogP contribution is 2.30. The molecule has 1 aliphatic rings. The Hall–Kier alpha value is -0.0900. The van der Waals surface area contributed by atoms with Crippen LogP contribution in [0.2, 0.25) is 0 Å². The van der Waals surface area contributed by atoms with Crippen molar-refractivity contribution in [1.82, 2.24) is 0 Å². The number of benzene rings is 1. The number of aliphatic hydroxyl groups excluding tert-OH is 1. The molecule has 78 valence electrons. The largest absolute Gasteiger partial charge is 0.387 e. The van der Waals surface area contributed by atoms with Crippen molar-refractivity contribution in [2.75, 3.05) is 0 Å². The van der Waals surface area contributed by atoms with E-state index >= 15 is 0 Å². The standard InChI is InChI=1S/C10H12BrNO.ClH/c11-7-3-1-6-2-4-9(12)10(13)8(6)5-7;/h1,3,5,9-10,13H,2,4,12H2;1H. The van der Waals surface area contributed by atoms with Crippen LogP contribution in [0.5, 0.6) is 0 Å². The molecule has 2 rings (SSSR count). The first-order valence-electron chi connectivity index (χ1n) is 4.40. The van der Waals surface area contributed by atoms with Crippen LogP contribution in [0.15, 0.2) is 22.7 Å². The Morgan fingerprint density at radius 3 is 2.86 bits per heavy atom. The molecule has 1 aromatic rings. The maximum atomic E-state index is 9.81. The number of aliphatic hydroxyl groups is 1. The van der Waals surface area contributed by atoms with Crippen molar-refractivity contribution in [1.29, 1.82) is 0 Å². The van der Waals surface area contributed by atoms with E-state index in [-0.39, 0.29) is 18.4 Å². The maximum absolute atomic E-state index is 9.81. The van der Waals surface area contributed by atoms with Crippen LogP contribution in [0.4, 0.5) is 0 Å². The molecule has 0 aliphatic heterocycles. The van der Waals surface area contributed by atoms with Crippen LogP contribution < -0.4 is 5.73 Å². The molecule has 0 amide bonds. The van der Waals surface area contributed by atoms with Gasteiger partial charge in [-0.15, -0.1) is 12.4 Å². The second-order valence-electron chi connectivity index (χ2n) is 3.49. The van der Waals surface area contributed by atoms with E-state index in [1.807, 2.05) is 12.1 Å². The van der Waals surface area contributed by atoms with E-state index in [0.29, 0.717) is 0 Å². The molecule has 3 N–H and O–H groups in total. The number of aryl methyl sites for hydroxylation is 1. The van der Waals surface area contributed by atoms with Crippen LogP contribution in [0.25, 0.3) is 0 Å². The van der Waals surface area contributed by atoms with Gasteiger partial charge in [0.2, 0.25) is 0 Å². The molecule has 2 atom stereocenters. The summed E-state index contributed by atoms with van der Waals surface area (Å²) in [5, 5.41) is 9.81. The summed E-state index contributed by atoms with van der Waals surface area (Å²) in [4.78, 5) is 0.